The van der Waals surface area contributed by atoms with Crippen molar-refractivity contribution in [2.45, 2.75) is 12.3 Å². The fourth-order valence-electron chi connectivity index (χ4n) is 13.9. The van der Waals surface area contributed by atoms with Gasteiger partial charge in [-0.1, -0.05) is 219 Å². The minimum atomic E-state index is -0.764. The van der Waals surface area contributed by atoms with Crippen LogP contribution in [-0.4, -0.2) is 9.13 Å². The average Bonchev–Trinajstić information content (AvgIpc) is 1.94. The summed E-state index contributed by atoms with van der Waals surface area (Å²) in [6.07, 6.45) is 6.48. The van der Waals surface area contributed by atoms with Gasteiger partial charge in [0.2, 0.25) is 0 Å². The number of para-hydroxylation sites is 4. The number of nitrogens with zero attached hydrogens (tertiary/aromatic N) is 3. The smallest absolute Gasteiger partial charge is 0.0755 e. The van der Waals surface area contributed by atoms with Crippen LogP contribution in [0.3, 0.4) is 0 Å². The predicted molar refractivity (Wildman–Crippen MR) is 349 cm³/mol. The molecule has 0 unspecified atom stereocenters. The van der Waals surface area contributed by atoms with Crippen LogP contribution in [0.1, 0.15) is 29.2 Å². The first-order valence-electron chi connectivity index (χ1n) is 28.7. The lowest BCUT2D eigenvalue weighted by Crippen LogP contribution is -2.36. The van der Waals surface area contributed by atoms with Gasteiger partial charge in [-0.05, 0) is 176 Å². The van der Waals surface area contributed by atoms with E-state index in [1.54, 1.807) is 0 Å². The number of aromatic nitrogens is 2. The van der Waals surface area contributed by atoms with E-state index in [1.165, 1.54) is 77.5 Å². The van der Waals surface area contributed by atoms with Crippen molar-refractivity contribution in [1.82, 2.24) is 9.13 Å². The lowest BCUT2D eigenvalue weighted by atomic mass is 9.64. The molecule has 1 aliphatic carbocycles. The summed E-state index contributed by atoms with van der Waals surface area (Å²) in [5.41, 5.74) is 25.1. The zero-order valence-electron chi connectivity index (χ0n) is 45.9. The van der Waals surface area contributed by atoms with Crippen LogP contribution in [-0.2, 0) is 5.41 Å². The van der Waals surface area contributed by atoms with Crippen molar-refractivity contribution in [3.05, 3.63) is 330 Å². The summed E-state index contributed by atoms with van der Waals surface area (Å²) in [6, 6.07) is 106. The molecule has 2 aliphatic rings. The Morgan fingerprint density at radius 3 is 1.39 bits per heavy atom. The molecule has 390 valence electrons. The van der Waals surface area contributed by atoms with E-state index in [0.29, 0.717) is 0 Å². The highest BCUT2D eigenvalue weighted by Crippen LogP contribution is 2.64. The Hall–Kier alpha value is -10.7. The highest BCUT2D eigenvalue weighted by molar-refractivity contribution is 6.13. The fraction of sp³-hybridized carbons (Fsp3) is 0.0250. The Morgan fingerprint density at radius 1 is 0.325 bits per heavy atom. The van der Waals surface area contributed by atoms with Gasteiger partial charge in [0.1, 0.15) is 0 Å². The van der Waals surface area contributed by atoms with E-state index in [-0.39, 0.29) is 0 Å². The van der Waals surface area contributed by atoms with E-state index in [9.17, 15) is 0 Å². The van der Waals surface area contributed by atoms with Crippen molar-refractivity contribution in [3.63, 3.8) is 0 Å². The van der Waals surface area contributed by atoms with Gasteiger partial charge in [-0.2, -0.15) is 0 Å². The molecular formula is C80H55N3. The number of benzene rings is 12. The van der Waals surface area contributed by atoms with Gasteiger partial charge in [-0.3, -0.25) is 0 Å². The normalized spacial score (nSPS) is 13.3. The summed E-state index contributed by atoms with van der Waals surface area (Å²) in [7, 11) is 0. The molecule has 0 saturated carbocycles. The van der Waals surface area contributed by atoms with Crippen molar-refractivity contribution >= 4 is 62.4 Å². The van der Waals surface area contributed by atoms with Gasteiger partial charge < -0.3 is 14.0 Å². The molecule has 14 aromatic rings. The number of hydrogen-bond acceptors (Lipinski definition) is 1. The fourth-order valence-corrected chi connectivity index (χ4v) is 13.9. The van der Waals surface area contributed by atoms with Crippen LogP contribution in [0.5, 0.6) is 0 Å². The maximum Gasteiger partial charge on any atom is 0.0755 e. The average molecular weight is 1060 g/mol. The van der Waals surface area contributed by atoms with E-state index in [0.717, 1.165) is 72.1 Å². The van der Waals surface area contributed by atoms with Crippen molar-refractivity contribution in [3.8, 4) is 67.0 Å². The third-order valence-electron chi connectivity index (χ3n) is 17.5. The molecular weight excluding hydrogens is 1000 g/mol. The van der Waals surface area contributed by atoms with Crippen LogP contribution in [0.2, 0.25) is 0 Å². The molecule has 2 aromatic heterocycles. The molecule has 0 fully saturated rings. The van der Waals surface area contributed by atoms with Crippen molar-refractivity contribution in [2.24, 2.45) is 0 Å². The summed E-state index contributed by atoms with van der Waals surface area (Å²) in [6.45, 7) is 7.04. The summed E-state index contributed by atoms with van der Waals surface area (Å²) >= 11 is 0. The Kier molecular flexibility index (Phi) is 11.2. The number of rotatable bonds is 8. The number of allylic oxidation sites excluding steroid dienone is 2. The third kappa shape index (κ3) is 7.45. The molecule has 12 aromatic carbocycles. The molecule has 0 atom stereocenters. The molecule has 0 bridgehead atoms. The van der Waals surface area contributed by atoms with Gasteiger partial charge in [0.15, 0.2) is 0 Å². The zero-order valence-corrected chi connectivity index (χ0v) is 45.9. The monoisotopic (exact) mass is 1060 g/mol. The van der Waals surface area contributed by atoms with Crippen molar-refractivity contribution in [1.29, 1.82) is 0 Å². The maximum atomic E-state index is 4.96. The van der Waals surface area contributed by atoms with E-state index < -0.39 is 5.41 Å². The maximum absolute atomic E-state index is 4.96. The third-order valence-corrected chi connectivity index (χ3v) is 17.5. The standard InChI is InChI=1S/C80H55N3/c1-3-4-37-74-53(2)66-49-67-68-50-69-65-34-17-20-38-75(65)83(64-47-60(55-26-11-6-12-27-55)45-61(48-64)56-28-13-7-14-29-56)79(69)52-73(68)80(70-35-18-21-39-76(70)81(62-31-15-8-16-32-62)77-40-22-19-36-71(77)80)72(67)51-78(66)82(74)63-33-23-30-59(46-63)58-43-41-57(42-44-58)54-24-9-5-10-25-54/h3-52H,2H2,1H3/b4-3-,74-37+. The van der Waals surface area contributed by atoms with E-state index in [4.69, 9.17) is 6.58 Å². The lowest BCUT2D eigenvalue weighted by molar-refractivity contribution is 0.753. The van der Waals surface area contributed by atoms with Crippen LogP contribution in [0.4, 0.5) is 17.1 Å². The molecule has 1 spiro atoms. The van der Waals surface area contributed by atoms with E-state index >= 15 is 0 Å². The molecule has 3 heteroatoms. The Labute approximate surface area is 483 Å². The van der Waals surface area contributed by atoms with Crippen LogP contribution >= 0.6 is 0 Å². The minimum absolute atomic E-state index is 0.764. The largest absolute Gasteiger partial charge is 0.310 e. The van der Waals surface area contributed by atoms with Crippen LogP contribution in [0, 0.1) is 0 Å². The second kappa shape index (κ2) is 19.2. The summed E-state index contributed by atoms with van der Waals surface area (Å²) in [5.74, 6) is 0. The molecule has 0 radical (unpaired) electrons. The first-order valence-corrected chi connectivity index (χ1v) is 28.7. The molecule has 83 heavy (non-hydrogen) atoms. The summed E-state index contributed by atoms with van der Waals surface area (Å²) in [4.78, 5) is 2.47. The molecule has 3 nitrogen and oxygen atoms in total. The van der Waals surface area contributed by atoms with Gasteiger partial charge in [-0.15, -0.1) is 0 Å². The number of anilines is 3. The first kappa shape index (κ1) is 48.2. The highest BCUT2D eigenvalue weighted by atomic mass is 15.2. The lowest BCUT2D eigenvalue weighted by Gasteiger charge is -2.45. The van der Waals surface area contributed by atoms with Gasteiger partial charge in [0.05, 0.1) is 38.7 Å². The number of fused-ring (bicyclic) bond motifs is 13. The van der Waals surface area contributed by atoms with Gasteiger partial charge in [-0.25, -0.2) is 0 Å². The Morgan fingerprint density at radius 2 is 0.783 bits per heavy atom. The zero-order chi connectivity index (χ0) is 55.2. The van der Waals surface area contributed by atoms with Gasteiger partial charge >= 0.3 is 0 Å². The van der Waals surface area contributed by atoms with Crippen LogP contribution < -0.4 is 15.5 Å². The SMILES string of the molecule is C=c1/c(=C\C=C/C)n(-c2cccc(-c3ccc(-c4ccccc4)cc3)c2)c2cc3c(cc12)-c1cc2c4ccccc4n(-c4cc(-c5ccccc5)cc(-c5ccccc5)c4)c2cc1C31c2ccccc2N(c2ccccc2)c2ccccc21. The topological polar surface area (TPSA) is 13.1 Å². The van der Waals surface area contributed by atoms with Crippen molar-refractivity contribution in [2.75, 3.05) is 4.90 Å². The second-order valence-corrected chi connectivity index (χ2v) is 22.0. The molecule has 1 aliphatic heterocycles. The first-order chi connectivity index (χ1) is 41.0. The van der Waals surface area contributed by atoms with Crippen LogP contribution in [0.25, 0.3) is 112 Å². The summed E-state index contributed by atoms with van der Waals surface area (Å²) < 4.78 is 4.98. The Balaban J connectivity index is 1.00. The molecule has 0 N–H and O–H groups in total. The second-order valence-electron chi connectivity index (χ2n) is 22.0. The van der Waals surface area contributed by atoms with Gasteiger partial charge in [0.25, 0.3) is 0 Å². The molecule has 16 rings (SSSR count). The highest BCUT2D eigenvalue weighted by Gasteiger charge is 2.52. The van der Waals surface area contributed by atoms with Crippen LogP contribution in [0.15, 0.2) is 297 Å². The van der Waals surface area contributed by atoms with E-state index in [2.05, 4.69) is 324 Å². The van der Waals surface area contributed by atoms with Gasteiger partial charge in [0, 0.05) is 38.4 Å². The number of hydrogen-bond donors (Lipinski definition) is 0. The van der Waals surface area contributed by atoms with E-state index in [1.807, 2.05) is 0 Å². The summed E-state index contributed by atoms with van der Waals surface area (Å²) in [5, 5.41) is 5.59. The molecule has 3 heterocycles. The van der Waals surface area contributed by atoms with Crippen molar-refractivity contribution < 1.29 is 0 Å². The molecule has 0 amide bonds. The minimum Gasteiger partial charge on any atom is -0.310 e. The Bertz CT molecular complexity index is 4920. The molecule has 0 saturated heterocycles. The predicted octanol–water partition coefficient (Wildman–Crippen LogP) is 19.3. The quantitative estimate of drug-likeness (QED) is 0.148.